The van der Waals surface area contributed by atoms with E-state index in [-0.39, 0.29) is 16.7 Å². The van der Waals surface area contributed by atoms with Crippen LogP contribution in [0.4, 0.5) is 5.13 Å². The fraction of sp³-hybridized carbons (Fsp3) is 0.389. The van der Waals surface area contributed by atoms with Crippen molar-refractivity contribution in [3.8, 4) is 0 Å². The lowest BCUT2D eigenvalue weighted by Crippen LogP contribution is -2.48. The molecule has 2 aliphatic rings. The van der Waals surface area contributed by atoms with Crippen LogP contribution in [0.15, 0.2) is 24.4 Å². The number of thiazole rings is 1. The van der Waals surface area contributed by atoms with Gasteiger partial charge in [-0.2, -0.15) is 0 Å². The van der Waals surface area contributed by atoms with Crippen LogP contribution in [0, 0.1) is 0 Å². The summed E-state index contributed by atoms with van der Waals surface area (Å²) >= 11 is 15.2. The highest BCUT2D eigenvalue weighted by atomic mass is 35.5. The van der Waals surface area contributed by atoms with E-state index >= 15 is 0 Å². The fourth-order valence-electron chi connectivity index (χ4n) is 3.50. The van der Waals surface area contributed by atoms with Crippen molar-refractivity contribution in [1.29, 1.82) is 0 Å². The monoisotopic (exact) mass is 441 g/mol. The molecule has 9 heteroatoms. The highest BCUT2D eigenvalue weighted by molar-refractivity contribution is 8.01. The molecule has 0 bridgehead atoms. The molecule has 5 nitrogen and oxygen atoms in total. The second-order valence-corrected chi connectivity index (χ2v) is 10.3. The third-order valence-corrected chi connectivity index (χ3v) is 7.92. The second kappa shape index (κ2) is 7.28. The highest BCUT2D eigenvalue weighted by Gasteiger charge is 2.52. The van der Waals surface area contributed by atoms with Crippen molar-refractivity contribution in [3.63, 3.8) is 0 Å². The molecule has 2 atom stereocenters. The summed E-state index contributed by atoms with van der Waals surface area (Å²) in [5, 5.41) is 4.61. The molecule has 0 saturated carbocycles. The number of carbonyl (C=O) groups excluding carboxylic acids is 2. The summed E-state index contributed by atoms with van der Waals surface area (Å²) in [6, 6.07) is 4.96. The number of hydrogen-bond donors (Lipinski definition) is 1. The van der Waals surface area contributed by atoms with Gasteiger partial charge in [0, 0.05) is 39.7 Å². The molecule has 2 amide bonds. The summed E-state index contributed by atoms with van der Waals surface area (Å²) in [5.74, 6) is 0.499. The lowest BCUT2D eigenvalue weighted by atomic mass is 10.1. The first kappa shape index (κ1) is 19.1. The molecule has 0 radical (unpaired) electrons. The maximum Gasteiger partial charge on any atom is 0.249 e. The quantitative estimate of drug-likeness (QED) is 0.761. The maximum atomic E-state index is 12.7. The molecule has 2 fully saturated rings. The van der Waals surface area contributed by atoms with E-state index in [1.807, 2.05) is 13.0 Å². The van der Waals surface area contributed by atoms with E-state index in [1.54, 1.807) is 35.0 Å². The summed E-state index contributed by atoms with van der Waals surface area (Å²) in [7, 11) is 0. The first-order valence-corrected chi connectivity index (χ1v) is 11.1. The van der Waals surface area contributed by atoms with E-state index in [2.05, 4.69) is 10.3 Å². The molecular weight excluding hydrogens is 425 g/mol. The van der Waals surface area contributed by atoms with Gasteiger partial charge in [-0.1, -0.05) is 29.3 Å². The topological polar surface area (TPSA) is 62.3 Å². The maximum absolute atomic E-state index is 12.7. The molecule has 4 rings (SSSR count). The van der Waals surface area contributed by atoms with Crippen LogP contribution >= 0.6 is 46.3 Å². The molecule has 2 aliphatic heterocycles. The minimum atomic E-state index is -0.437. The van der Waals surface area contributed by atoms with E-state index in [0.717, 1.165) is 16.9 Å². The number of nitrogens with one attached hydrogen (secondary N) is 1. The third-order valence-electron chi connectivity index (χ3n) is 4.91. The predicted octanol–water partition coefficient (Wildman–Crippen LogP) is 4.43. The molecule has 1 aromatic carbocycles. The Labute approximate surface area is 175 Å². The molecule has 1 aromatic heterocycles. The zero-order valence-corrected chi connectivity index (χ0v) is 17.6. The second-order valence-electron chi connectivity index (χ2n) is 6.80. The Morgan fingerprint density at radius 1 is 1.44 bits per heavy atom. The van der Waals surface area contributed by atoms with Crippen LogP contribution in [0.25, 0.3) is 0 Å². The van der Waals surface area contributed by atoms with Crippen molar-refractivity contribution < 1.29 is 9.59 Å². The van der Waals surface area contributed by atoms with Gasteiger partial charge in [0.2, 0.25) is 11.8 Å². The normalized spacial score (nSPS) is 24.3. The lowest BCUT2D eigenvalue weighted by molar-refractivity contribution is -0.135. The van der Waals surface area contributed by atoms with Gasteiger partial charge in [0.15, 0.2) is 5.13 Å². The van der Waals surface area contributed by atoms with Crippen LogP contribution in [0.1, 0.15) is 30.2 Å². The van der Waals surface area contributed by atoms with E-state index < -0.39 is 6.04 Å². The van der Waals surface area contributed by atoms with Crippen molar-refractivity contribution in [2.45, 2.75) is 37.1 Å². The van der Waals surface area contributed by atoms with Gasteiger partial charge in [-0.3, -0.25) is 9.59 Å². The van der Waals surface area contributed by atoms with E-state index in [9.17, 15) is 9.59 Å². The molecule has 3 heterocycles. The number of rotatable bonds is 4. The Bertz CT molecular complexity index is 920. The summed E-state index contributed by atoms with van der Waals surface area (Å²) < 4.78 is 0. The Balaban J connectivity index is 1.43. The summed E-state index contributed by atoms with van der Waals surface area (Å²) in [4.78, 5) is 31.7. The van der Waals surface area contributed by atoms with Crippen LogP contribution in [0.5, 0.6) is 0 Å². The molecular formula is C18H17Cl2N3O2S2. The van der Waals surface area contributed by atoms with Gasteiger partial charge in [0.25, 0.3) is 0 Å². The van der Waals surface area contributed by atoms with Gasteiger partial charge >= 0.3 is 0 Å². The van der Waals surface area contributed by atoms with Crippen molar-refractivity contribution in [1.82, 2.24) is 9.88 Å². The smallest absolute Gasteiger partial charge is 0.249 e. The van der Waals surface area contributed by atoms with Crippen molar-refractivity contribution in [2.75, 3.05) is 11.1 Å². The van der Waals surface area contributed by atoms with E-state index in [4.69, 9.17) is 23.2 Å². The number of anilines is 1. The number of thioether (sulfide) groups is 1. The van der Waals surface area contributed by atoms with Crippen molar-refractivity contribution >= 4 is 63.2 Å². The Morgan fingerprint density at radius 3 is 3.04 bits per heavy atom. The summed E-state index contributed by atoms with van der Waals surface area (Å²) in [6.45, 7) is 2.03. The first-order chi connectivity index (χ1) is 12.9. The number of aromatic nitrogens is 1. The predicted molar refractivity (Wildman–Crippen MR) is 111 cm³/mol. The van der Waals surface area contributed by atoms with Crippen LogP contribution < -0.4 is 5.32 Å². The zero-order valence-electron chi connectivity index (χ0n) is 14.5. The average molecular weight is 442 g/mol. The van der Waals surface area contributed by atoms with Crippen LogP contribution in [0.2, 0.25) is 10.0 Å². The Morgan fingerprint density at radius 2 is 2.26 bits per heavy atom. The Kier molecular flexibility index (Phi) is 5.14. The number of hydrogen-bond acceptors (Lipinski definition) is 5. The van der Waals surface area contributed by atoms with Gasteiger partial charge in [-0.25, -0.2) is 4.98 Å². The summed E-state index contributed by atoms with van der Waals surface area (Å²) in [6.07, 6.45) is 3.66. The molecule has 0 aliphatic carbocycles. The molecule has 2 saturated heterocycles. The minimum absolute atomic E-state index is 0.0554. The number of benzene rings is 1. The van der Waals surface area contributed by atoms with Gasteiger partial charge in [-0.15, -0.1) is 23.1 Å². The number of halogens is 2. The fourth-order valence-corrected chi connectivity index (χ4v) is 6.25. The number of fused-ring (bicyclic) bond motifs is 1. The molecule has 2 unspecified atom stereocenters. The Hall–Kier alpha value is -1.28. The third kappa shape index (κ3) is 3.70. The minimum Gasteiger partial charge on any atom is -0.315 e. The molecule has 0 spiro atoms. The zero-order chi connectivity index (χ0) is 19.2. The van der Waals surface area contributed by atoms with Crippen molar-refractivity contribution in [2.24, 2.45) is 0 Å². The average Bonchev–Trinajstić information content (AvgIpc) is 3.27. The SMILES string of the molecule is CC12CCC(=O)N1C(C(=O)Nc1ncc(Cc3ccc(Cl)cc3Cl)s1)CS2. The van der Waals surface area contributed by atoms with Crippen LogP contribution in [-0.2, 0) is 16.0 Å². The number of amides is 2. The summed E-state index contributed by atoms with van der Waals surface area (Å²) in [5.41, 5.74) is 0.952. The first-order valence-electron chi connectivity index (χ1n) is 8.51. The molecule has 1 N–H and O–H groups in total. The van der Waals surface area contributed by atoms with Gasteiger partial charge < -0.3 is 10.2 Å². The largest absolute Gasteiger partial charge is 0.315 e. The van der Waals surface area contributed by atoms with Gasteiger partial charge in [0.1, 0.15) is 6.04 Å². The standard InChI is InChI=1S/C18H17Cl2N3O2S2/c1-18-5-4-15(24)23(18)14(9-26-18)16(25)22-17-21-8-12(27-17)6-10-2-3-11(19)7-13(10)20/h2-3,7-8,14H,4-6,9H2,1H3,(H,21,22,25). The van der Waals surface area contributed by atoms with Crippen molar-refractivity contribution in [3.05, 3.63) is 44.9 Å². The lowest BCUT2D eigenvalue weighted by Gasteiger charge is -2.29. The molecule has 142 valence electrons. The number of carbonyl (C=O) groups is 2. The molecule has 27 heavy (non-hydrogen) atoms. The van der Waals surface area contributed by atoms with Gasteiger partial charge in [0.05, 0.1) is 4.87 Å². The van der Waals surface area contributed by atoms with Gasteiger partial charge in [-0.05, 0) is 31.0 Å². The number of nitrogens with zero attached hydrogens (tertiary/aromatic N) is 2. The van der Waals surface area contributed by atoms with Crippen LogP contribution in [0.3, 0.4) is 0 Å². The molecule has 2 aromatic rings. The van der Waals surface area contributed by atoms with E-state index in [0.29, 0.717) is 33.8 Å². The van der Waals surface area contributed by atoms with E-state index in [1.165, 1.54) is 11.3 Å². The highest BCUT2D eigenvalue weighted by Crippen LogP contribution is 2.47. The van der Waals surface area contributed by atoms with Crippen LogP contribution in [-0.4, -0.2) is 38.4 Å².